The van der Waals surface area contributed by atoms with Gasteiger partial charge in [-0.2, -0.15) is 0 Å². The topological polar surface area (TPSA) is 63.6 Å². The van der Waals surface area contributed by atoms with Crippen molar-refractivity contribution in [3.63, 3.8) is 0 Å². The van der Waals surface area contributed by atoms with Crippen LogP contribution < -0.4 is 0 Å². The molecule has 5 rings (SSSR count). The van der Waals surface area contributed by atoms with Gasteiger partial charge in [-0.25, -0.2) is 9.97 Å². The van der Waals surface area contributed by atoms with Crippen molar-refractivity contribution < 1.29 is 9.21 Å². The van der Waals surface area contributed by atoms with Gasteiger partial charge in [0.25, 0.3) is 5.91 Å². The van der Waals surface area contributed by atoms with Gasteiger partial charge >= 0.3 is 0 Å². The Morgan fingerprint density at radius 1 is 1.12 bits per heavy atom. The smallest absolute Gasteiger partial charge is 0.274 e. The fraction of sp³-hybridized carbons (Fsp3) is 0.250. The molecule has 0 spiro atoms. The first-order chi connectivity index (χ1) is 12.8. The van der Waals surface area contributed by atoms with E-state index in [1.54, 1.807) is 6.20 Å². The van der Waals surface area contributed by atoms with Crippen LogP contribution in [0.15, 0.2) is 59.3 Å². The highest BCUT2D eigenvalue weighted by Gasteiger charge is 2.29. The first-order valence-corrected chi connectivity index (χ1v) is 8.86. The van der Waals surface area contributed by atoms with Crippen LogP contribution in [0.4, 0.5) is 0 Å². The molecule has 0 radical (unpaired) electrons. The molecule has 3 aromatic heterocycles. The van der Waals surface area contributed by atoms with Gasteiger partial charge in [0, 0.05) is 25.5 Å². The number of imidazole rings is 1. The lowest BCUT2D eigenvalue weighted by Gasteiger charge is -2.30. The standard InChI is InChI=1S/C20H18N4O2/c25-20(16-13-23-10-4-3-9-18(23)21-16)24-11-5-6-14(12-24)19-22-15-7-1-2-8-17(15)26-19/h1-4,7-10,13-14H,5-6,11-12H2/t14-/m1/s1. The van der Waals surface area contributed by atoms with E-state index in [-0.39, 0.29) is 11.8 Å². The summed E-state index contributed by atoms with van der Waals surface area (Å²) in [5.41, 5.74) is 2.93. The first-order valence-electron chi connectivity index (χ1n) is 8.86. The van der Waals surface area contributed by atoms with Gasteiger partial charge in [-0.05, 0) is 37.1 Å². The SMILES string of the molecule is O=C(c1cn2ccccc2n1)N1CCC[C@@H](c2nc3ccccc3o2)C1. The second-order valence-electron chi connectivity index (χ2n) is 6.70. The van der Waals surface area contributed by atoms with E-state index in [1.165, 1.54) is 0 Å². The van der Waals surface area contributed by atoms with E-state index in [9.17, 15) is 4.79 Å². The maximum atomic E-state index is 12.9. The van der Waals surface area contributed by atoms with Gasteiger partial charge < -0.3 is 13.7 Å². The van der Waals surface area contributed by atoms with Crippen molar-refractivity contribution in [2.45, 2.75) is 18.8 Å². The molecule has 130 valence electrons. The molecule has 1 amide bonds. The summed E-state index contributed by atoms with van der Waals surface area (Å²) in [6, 6.07) is 13.5. The quantitative estimate of drug-likeness (QED) is 0.557. The lowest BCUT2D eigenvalue weighted by Crippen LogP contribution is -2.39. The van der Waals surface area contributed by atoms with E-state index in [0.717, 1.165) is 42.0 Å². The van der Waals surface area contributed by atoms with Crippen LogP contribution >= 0.6 is 0 Å². The summed E-state index contributed by atoms with van der Waals surface area (Å²) >= 11 is 0. The minimum Gasteiger partial charge on any atom is -0.440 e. The van der Waals surface area contributed by atoms with Gasteiger partial charge in [-0.1, -0.05) is 18.2 Å². The van der Waals surface area contributed by atoms with Crippen molar-refractivity contribution in [2.75, 3.05) is 13.1 Å². The third kappa shape index (κ3) is 2.54. The highest BCUT2D eigenvalue weighted by Crippen LogP contribution is 2.29. The van der Waals surface area contributed by atoms with Gasteiger partial charge in [0.15, 0.2) is 11.5 Å². The van der Waals surface area contributed by atoms with Gasteiger partial charge in [-0.15, -0.1) is 0 Å². The fourth-order valence-corrected chi connectivity index (χ4v) is 3.63. The van der Waals surface area contributed by atoms with Crippen molar-refractivity contribution in [2.24, 2.45) is 0 Å². The summed E-state index contributed by atoms with van der Waals surface area (Å²) in [5.74, 6) is 0.811. The minimum atomic E-state index is -0.0329. The number of para-hydroxylation sites is 2. The number of benzene rings is 1. The molecule has 0 aliphatic carbocycles. The molecule has 1 atom stereocenters. The maximum absolute atomic E-state index is 12.9. The summed E-state index contributed by atoms with van der Waals surface area (Å²) in [4.78, 5) is 23.8. The van der Waals surface area contributed by atoms with Crippen molar-refractivity contribution >= 4 is 22.7 Å². The lowest BCUT2D eigenvalue weighted by atomic mass is 9.98. The first kappa shape index (κ1) is 15.1. The lowest BCUT2D eigenvalue weighted by molar-refractivity contribution is 0.0693. The molecule has 0 bridgehead atoms. The molecule has 1 fully saturated rings. The Morgan fingerprint density at radius 2 is 2.00 bits per heavy atom. The average molecular weight is 346 g/mol. The number of piperidine rings is 1. The zero-order chi connectivity index (χ0) is 17.5. The second-order valence-corrected chi connectivity index (χ2v) is 6.70. The molecule has 4 heterocycles. The van der Waals surface area contributed by atoms with Crippen LogP contribution in [-0.2, 0) is 0 Å². The fourth-order valence-electron chi connectivity index (χ4n) is 3.63. The minimum absolute atomic E-state index is 0.0329. The van der Waals surface area contributed by atoms with Crippen LogP contribution in [0.3, 0.4) is 0 Å². The normalized spacial score (nSPS) is 17.8. The Balaban J connectivity index is 1.40. The molecule has 1 aromatic carbocycles. The van der Waals surface area contributed by atoms with E-state index in [1.807, 2.05) is 58.0 Å². The van der Waals surface area contributed by atoms with Gasteiger partial charge in [0.05, 0.1) is 5.92 Å². The van der Waals surface area contributed by atoms with Gasteiger partial charge in [-0.3, -0.25) is 4.79 Å². The Kier molecular flexibility index (Phi) is 3.48. The number of aromatic nitrogens is 3. The maximum Gasteiger partial charge on any atom is 0.274 e. The Labute approximate surface area is 150 Å². The number of pyridine rings is 1. The summed E-state index contributed by atoms with van der Waals surface area (Å²) in [5, 5.41) is 0. The highest BCUT2D eigenvalue weighted by molar-refractivity contribution is 5.93. The third-order valence-corrected chi connectivity index (χ3v) is 4.95. The molecule has 1 saturated heterocycles. The van der Waals surface area contributed by atoms with Crippen LogP contribution in [-0.4, -0.2) is 38.3 Å². The predicted octanol–water partition coefficient (Wildman–Crippen LogP) is 3.50. The molecule has 0 unspecified atom stereocenters. The molecular formula is C20H18N4O2. The number of carbonyl (C=O) groups excluding carboxylic acids is 1. The molecule has 4 aromatic rings. The van der Waals surface area contributed by atoms with Crippen LogP contribution in [0.1, 0.15) is 35.1 Å². The molecule has 6 heteroatoms. The molecule has 0 saturated carbocycles. The van der Waals surface area contributed by atoms with Gasteiger partial charge in [0.1, 0.15) is 16.9 Å². The summed E-state index contributed by atoms with van der Waals surface area (Å²) < 4.78 is 7.79. The number of likely N-dealkylation sites (tertiary alicyclic amines) is 1. The number of hydrogen-bond acceptors (Lipinski definition) is 4. The molecule has 0 N–H and O–H groups in total. The van der Waals surface area contributed by atoms with Crippen LogP contribution in [0.5, 0.6) is 0 Å². The van der Waals surface area contributed by atoms with Crippen molar-refractivity contribution in [1.29, 1.82) is 0 Å². The summed E-state index contributed by atoms with van der Waals surface area (Å²) in [6.45, 7) is 1.35. The second kappa shape index (κ2) is 5.98. The number of carbonyl (C=O) groups is 1. The zero-order valence-corrected chi connectivity index (χ0v) is 14.2. The summed E-state index contributed by atoms with van der Waals surface area (Å²) in [7, 11) is 0. The molecule has 6 nitrogen and oxygen atoms in total. The van der Waals surface area contributed by atoms with Crippen molar-refractivity contribution in [3.05, 3.63) is 66.4 Å². The average Bonchev–Trinajstić information content (AvgIpc) is 3.31. The molecule has 26 heavy (non-hydrogen) atoms. The zero-order valence-electron chi connectivity index (χ0n) is 14.2. The Bertz CT molecular complexity index is 1030. The highest BCUT2D eigenvalue weighted by atomic mass is 16.3. The number of hydrogen-bond donors (Lipinski definition) is 0. The van der Waals surface area contributed by atoms with E-state index >= 15 is 0 Å². The molecule has 1 aliphatic rings. The Morgan fingerprint density at radius 3 is 2.88 bits per heavy atom. The number of oxazole rings is 1. The third-order valence-electron chi connectivity index (χ3n) is 4.95. The number of amides is 1. The van der Waals surface area contributed by atoms with Crippen molar-refractivity contribution in [1.82, 2.24) is 19.3 Å². The van der Waals surface area contributed by atoms with E-state index in [4.69, 9.17) is 4.42 Å². The van der Waals surface area contributed by atoms with Crippen LogP contribution in [0.25, 0.3) is 16.7 Å². The molecular weight excluding hydrogens is 328 g/mol. The van der Waals surface area contributed by atoms with E-state index in [2.05, 4.69) is 9.97 Å². The predicted molar refractivity (Wildman–Crippen MR) is 97.1 cm³/mol. The number of rotatable bonds is 2. The Hall–Kier alpha value is -3.15. The number of nitrogens with zero attached hydrogens (tertiary/aromatic N) is 4. The number of fused-ring (bicyclic) bond motifs is 2. The van der Waals surface area contributed by atoms with E-state index in [0.29, 0.717) is 12.2 Å². The van der Waals surface area contributed by atoms with Gasteiger partial charge in [0.2, 0.25) is 0 Å². The molecule has 1 aliphatic heterocycles. The summed E-state index contributed by atoms with van der Waals surface area (Å²) in [6.07, 6.45) is 5.60. The largest absolute Gasteiger partial charge is 0.440 e. The monoisotopic (exact) mass is 346 g/mol. The van der Waals surface area contributed by atoms with E-state index < -0.39 is 0 Å². The van der Waals surface area contributed by atoms with Crippen LogP contribution in [0, 0.1) is 0 Å². The van der Waals surface area contributed by atoms with Crippen molar-refractivity contribution in [3.8, 4) is 0 Å². The van der Waals surface area contributed by atoms with Crippen LogP contribution in [0.2, 0.25) is 0 Å².